The van der Waals surface area contributed by atoms with Gasteiger partial charge >= 0.3 is 0 Å². The summed E-state index contributed by atoms with van der Waals surface area (Å²) < 4.78 is 12.5. The first-order chi connectivity index (χ1) is 18.8. The number of halogens is 1. The standard InChI is InChI=1S/C29H24ClN3O5S/c1-16-24(27(35)32-19-9-5-4-6-10-19)25(18-8-7-11-20(15-18)37-2)33-28(36)23(39-29(33)31-16)14-17-12-21(30)26(34)22(13-17)38-3/h4-15,25,34H,1-3H3,(H,32,35)/b23-14-/t25-/m1/s1. The SMILES string of the molecule is COc1cccc([C@@H]2C(C(=O)Nc3ccccc3)=C(C)N=c3s/c(=C\c4cc(Cl)c(O)c(OC)c4)c(=O)n32)c1. The minimum absolute atomic E-state index is 0.0957. The molecular weight excluding hydrogens is 538 g/mol. The van der Waals surface area contributed by atoms with Gasteiger partial charge in [-0.05, 0) is 60.5 Å². The van der Waals surface area contributed by atoms with Gasteiger partial charge in [-0.1, -0.05) is 53.3 Å². The summed E-state index contributed by atoms with van der Waals surface area (Å²) in [6.07, 6.45) is 1.66. The minimum atomic E-state index is -0.750. The van der Waals surface area contributed by atoms with Gasteiger partial charge in [0.25, 0.3) is 11.5 Å². The van der Waals surface area contributed by atoms with Crippen molar-refractivity contribution < 1.29 is 19.4 Å². The van der Waals surface area contributed by atoms with Gasteiger partial charge in [0.2, 0.25) is 0 Å². The molecule has 1 aliphatic rings. The van der Waals surface area contributed by atoms with Crippen molar-refractivity contribution in [1.82, 2.24) is 4.57 Å². The molecule has 39 heavy (non-hydrogen) atoms. The van der Waals surface area contributed by atoms with Crippen LogP contribution in [0.25, 0.3) is 6.08 Å². The van der Waals surface area contributed by atoms with Crippen LogP contribution in [0.5, 0.6) is 17.2 Å². The molecule has 5 rings (SSSR count). The summed E-state index contributed by atoms with van der Waals surface area (Å²) in [5.41, 5.74) is 2.41. The van der Waals surface area contributed by atoms with E-state index < -0.39 is 6.04 Å². The highest BCUT2D eigenvalue weighted by Gasteiger charge is 2.32. The van der Waals surface area contributed by atoms with E-state index in [9.17, 15) is 14.7 Å². The molecule has 8 nitrogen and oxygen atoms in total. The molecule has 3 aromatic carbocycles. The van der Waals surface area contributed by atoms with E-state index in [0.29, 0.717) is 43.2 Å². The van der Waals surface area contributed by atoms with Crippen molar-refractivity contribution in [1.29, 1.82) is 0 Å². The van der Waals surface area contributed by atoms with Gasteiger partial charge in [0, 0.05) is 5.69 Å². The lowest BCUT2D eigenvalue weighted by molar-refractivity contribution is -0.113. The van der Waals surface area contributed by atoms with E-state index in [-0.39, 0.29) is 28.0 Å². The number of rotatable bonds is 6. The first kappa shape index (κ1) is 26.3. The van der Waals surface area contributed by atoms with Crippen molar-refractivity contribution in [2.75, 3.05) is 19.5 Å². The van der Waals surface area contributed by atoms with Crippen molar-refractivity contribution >= 4 is 40.6 Å². The largest absolute Gasteiger partial charge is 0.503 e. The second-order valence-electron chi connectivity index (χ2n) is 8.73. The van der Waals surface area contributed by atoms with Crippen molar-refractivity contribution in [3.05, 3.63) is 114 Å². The fraction of sp³-hybridized carbons (Fsp3) is 0.138. The van der Waals surface area contributed by atoms with Gasteiger partial charge in [-0.25, -0.2) is 4.99 Å². The van der Waals surface area contributed by atoms with Crippen LogP contribution in [0.15, 0.2) is 87.8 Å². The van der Waals surface area contributed by atoms with Crippen molar-refractivity contribution in [3.63, 3.8) is 0 Å². The van der Waals surface area contributed by atoms with Gasteiger partial charge in [-0.2, -0.15) is 0 Å². The second-order valence-corrected chi connectivity index (χ2v) is 10.1. The molecule has 0 saturated carbocycles. The third-order valence-electron chi connectivity index (χ3n) is 6.28. The summed E-state index contributed by atoms with van der Waals surface area (Å²) >= 11 is 7.36. The van der Waals surface area contributed by atoms with Crippen LogP contribution in [0, 0.1) is 0 Å². The highest BCUT2D eigenvalue weighted by molar-refractivity contribution is 7.07. The number of aromatic hydroxyl groups is 1. The third kappa shape index (κ3) is 5.06. The molecule has 1 amide bonds. The Bertz CT molecular complexity index is 1790. The monoisotopic (exact) mass is 561 g/mol. The molecule has 1 aromatic heterocycles. The number of nitrogens with zero attached hydrogens (tertiary/aromatic N) is 2. The molecule has 0 saturated heterocycles. The number of carbonyl (C=O) groups excluding carboxylic acids is 1. The summed E-state index contributed by atoms with van der Waals surface area (Å²) in [6.45, 7) is 1.76. The van der Waals surface area contributed by atoms with E-state index >= 15 is 0 Å². The first-order valence-electron chi connectivity index (χ1n) is 11.9. The zero-order valence-electron chi connectivity index (χ0n) is 21.3. The van der Waals surface area contributed by atoms with Crippen LogP contribution in [0.1, 0.15) is 24.1 Å². The molecule has 0 spiro atoms. The molecule has 1 aliphatic heterocycles. The fourth-order valence-corrected chi connectivity index (χ4v) is 5.71. The number of phenolic OH excluding ortho intramolecular Hbond substituents is 1. The van der Waals surface area contributed by atoms with Gasteiger partial charge in [0.05, 0.1) is 41.1 Å². The average molecular weight is 562 g/mol. The number of hydrogen-bond acceptors (Lipinski definition) is 7. The topological polar surface area (TPSA) is 102 Å². The molecule has 0 fully saturated rings. The number of ether oxygens (including phenoxy) is 2. The Balaban J connectivity index is 1.69. The molecule has 4 aromatic rings. The van der Waals surface area contributed by atoms with Gasteiger partial charge in [-0.15, -0.1) is 0 Å². The smallest absolute Gasteiger partial charge is 0.271 e. The van der Waals surface area contributed by atoms with Gasteiger partial charge in [0.1, 0.15) is 5.75 Å². The van der Waals surface area contributed by atoms with Crippen LogP contribution >= 0.6 is 22.9 Å². The molecular formula is C29H24ClN3O5S. The zero-order valence-corrected chi connectivity index (χ0v) is 22.8. The van der Waals surface area contributed by atoms with E-state index in [1.165, 1.54) is 23.0 Å². The van der Waals surface area contributed by atoms with Crippen LogP contribution in [-0.4, -0.2) is 29.8 Å². The van der Waals surface area contributed by atoms with E-state index in [4.69, 9.17) is 21.1 Å². The summed E-state index contributed by atoms with van der Waals surface area (Å²) in [5, 5.41) is 13.1. The minimum Gasteiger partial charge on any atom is -0.503 e. The Labute approximate surface area is 232 Å². The molecule has 2 heterocycles. The number of amides is 1. The fourth-order valence-electron chi connectivity index (χ4n) is 4.44. The predicted molar refractivity (Wildman–Crippen MR) is 152 cm³/mol. The number of fused-ring (bicyclic) bond motifs is 1. The number of carbonyl (C=O) groups is 1. The summed E-state index contributed by atoms with van der Waals surface area (Å²) in [7, 11) is 2.98. The van der Waals surface area contributed by atoms with Crippen molar-refractivity contribution in [2.24, 2.45) is 4.99 Å². The van der Waals surface area contributed by atoms with E-state index in [1.54, 1.807) is 56.5 Å². The van der Waals surface area contributed by atoms with Crippen LogP contribution in [0.2, 0.25) is 5.02 Å². The number of aromatic nitrogens is 1. The van der Waals surface area contributed by atoms with Gasteiger partial charge < -0.3 is 19.9 Å². The zero-order chi connectivity index (χ0) is 27.7. The third-order valence-corrected chi connectivity index (χ3v) is 7.55. The van der Waals surface area contributed by atoms with Crippen LogP contribution < -0.4 is 29.7 Å². The Morgan fingerprint density at radius 2 is 1.87 bits per heavy atom. The van der Waals surface area contributed by atoms with E-state index in [2.05, 4.69) is 10.3 Å². The number of nitrogens with one attached hydrogen (secondary N) is 1. The average Bonchev–Trinajstić information content (AvgIpc) is 3.24. The van der Waals surface area contributed by atoms with Crippen LogP contribution in [-0.2, 0) is 4.79 Å². The van der Waals surface area contributed by atoms with Crippen molar-refractivity contribution in [2.45, 2.75) is 13.0 Å². The number of hydrogen-bond donors (Lipinski definition) is 2. The van der Waals surface area contributed by atoms with Crippen LogP contribution in [0.4, 0.5) is 5.69 Å². The molecule has 0 radical (unpaired) electrons. The normalized spacial score (nSPS) is 15.0. The number of allylic oxidation sites excluding steroid dienone is 1. The van der Waals surface area contributed by atoms with E-state index in [1.807, 2.05) is 30.3 Å². The first-order valence-corrected chi connectivity index (χ1v) is 13.1. The molecule has 198 valence electrons. The number of benzene rings is 3. The van der Waals surface area contributed by atoms with Crippen molar-refractivity contribution in [3.8, 4) is 17.2 Å². The maximum absolute atomic E-state index is 13.9. The Kier molecular flexibility index (Phi) is 7.28. The lowest BCUT2D eigenvalue weighted by atomic mass is 9.95. The maximum atomic E-state index is 13.9. The summed E-state index contributed by atoms with van der Waals surface area (Å²) in [4.78, 5) is 32.6. The molecule has 10 heteroatoms. The van der Waals surface area contributed by atoms with Crippen LogP contribution in [0.3, 0.4) is 0 Å². The molecule has 0 unspecified atom stereocenters. The highest BCUT2D eigenvalue weighted by atomic mass is 35.5. The maximum Gasteiger partial charge on any atom is 0.271 e. The Morgan fingerprint density at radius 3 is 2.59 bits per heavy atom. The molecule has 2 N–H and O–H groups in total. The number of para-hydroxylation sites is 1. The lowest BCUT2D eigenvalue weighted by Gasteiger charge is -2.25. The number of thiazole rings is 1. The number of anilines is 1. The predicted octanol–water partition coefficient (Wildman–Crippen LogP) is 4.25. The lowest BCUT2D eigenvalue weighted by Crippen LogP contribution is -2.40. The Hall–Kier alpha value is -4.34. The summed E-state index contributed by atoms with van der Waals surface area (Å²) in [5.74, 6) is 0.240. The molecule has 0 bridgehead atoms. The molecule has 0 aliphatic carbocycles. The van der Waals surface area contributed by atoms with E-state index in [0.717, 1.165) is 0 Å². The summed E-state index contributed by atoms with van der Waals surface area (Å²) in [6, 6.07) is 18.8. The highest BCUT2D eigenvalue weighted by Crippen LogP contribution is 2.35. The number of phenols is 1. The second kappa shape index (κ2) is 10.8. The number of methoxy groups -OCH3 is 2. The quantitative estimate of drug-likeness (QED) is 0.366. The van der Waals surface area contributed by atoms with Gasteiger partial charge in [-0.3, -0.25) is 14.2 Å². The molecule has 1 atom stereocenters. The Morgan fingerprint density at radius 1 is 1.10 bits per heavy atom. The van der Waals surface area contributed by atoms with Gasteiger partial charge in [0.15, 0.2) is 16.3 Å².